The summed E-state index contributed by atoms with van der Waals surface area (Å²) in [4.78, 5) is 11.2. The van der Waals surface area contributed by atoms with Crippen molar-refractivity contribution in [1.82, 2.24) is 15.2 Å². The van der Waals surface area contributed by atoms with E-state index in [1.807, 2.05) is 14.0 Å². The number of methoxy groups -OCH3 is 1. The summed E-state index contributed by atoms with van der Waals surface area (Å²) in [5.41, 5.74) is 1.16. The maximum absolute atomic E-state index is 5.23. The van der Waals surface area contributed by atoms with Crippen molar-refractivity contribution in [3.63, 3.8) is 0 Å². The summed E-state index contributed by atoms with van der Waals surface area (Å²) in [5.74, 6) is 1.62. The summed E-state index contributed by atoms with van der Waals surface area (Å²) in [6.07, 6.45) is 2.12. The van der Waals surface area contributed by atoms with E-state index in [9.17, 15) is 0 Å². The van der Waals surface area contributed by atoms with Crippen molar-refractivity contribution in [1.29, 1.82) is 0 Å². The summed E-state index contributed by atoms with van der Waals surface area (Å²) >= 11 is 1.71. The summed E-state index contributed by atoms with van der Waals surface area (Å²) < 4.78 is 5.23. The van der Waals surface area contributed by atoms with E-state index in [-0.39, 0.29) is 24.0 Å². The number of hydrogen-bond donors (Lipinski definition) is 1. The Hall–Kier alpha value is -0.410. The fourth-order valence-electron chi connectivity index (χ4n) is 2.55. The van der Waals surface area contributed by atoms with Crippen LogP contribution < -0.4 is 5.32 Å². The standard InChI is InChI=1S/C14H24N4OS.HI/c1-11-17-13(10-20-11)4-6-16-14(15-2)18-7-5-12(8-18)9-19-3;/h10,12H,4-9H2,1-3H3,(H,15,16);1H. The second-order valence-corrected chi connectivity index (χ2v) is 6.20. The van der Waals surface area contributed by atoms with Crippen molar-refractivity contribution in [3.8, 4) is 0 Å². The van der Waals surface area contributed by atoms with Crippen LogP contribution in [-0.4, -0.2) is 56.2 Å². The Morgan fingerprint density at radius 3 is 3.05 bits per heavy atom. The molecule has 1 aromatic heterocycles. The highest BCUT2D eigenvalue weighted by molar-refractivity contribution is 14.0. The van der Waals surface area contributed by atoms with Crippen LogP contribution in [0.3, 0.4) is 0 Å². The lowest BCUT2D eigenvalue weighted by molar-refractivity contribution is 0.157. The fourth-order valence-corrected chi connectivity index (χ4v) is 3.20. The molecule has 1 aliphatic rings. The first kappa shape index (κ1) is 18.6. The number of hydrogen-bond acceptors (Lipinski definition) is 4. The number of aromatic nitrogens is 1. The summed E-state index contributed by atoms with van der Waals surface area (Å²) in [6.45, 7) is 5.85. The number of halogens is 1. The van der Waals surface area contributed by atoms with Crippen LogP contribution in [-0.2, 0) is 11.2 Å². The van der Waals surface area contributed by atoms with Crippen molar-refractivity contribution in [2.45, 2.75) is 19.8 Å². The molecule has 2 rings (SSSR count). The topological polar surface area (TPSA) is 49.8 Å². The average molecular weight is 424 g/mol. The van der Waals surface area contributed by atoms with Gasteiger partial charge in [0.15, 0.2) is 5.96 Å². The molecule has 0 bridgehead atoms. The maximum Gasteiger partial charge on any atom is 0.193 e. The minimum Gasteiger partial charge on any atom is -0.384 e. The Balaban J connectivity index is 0.00000220. The van der Waals surface area contributed by atoms with Crippen LogP contribution in [0, 0.1) is 12.8 Å². The number of likely N-dealkylation sites (tertiary alicyclic amines) is 1. The largest absolute Gasteiger partial charge is 0.384 e. The molecule has 5 nitrogen and oxygen atoms in total. The number of ether oxygens (including phenoxy) is 1. The van der Waals surface area contributed by atoms with Gasteiger partial charge in [0, 0.05) is 51.5 Å². The second kappa shape index (κ2) is 9.58. The normalized spacial score (nSPS) is 18.7. The van der Waals surface area contributed by atoms with Crippen LogP contribution in [0.5, 0.6) is 0 Å². The first-order valence-corrected chi connectivity index (χ1v) is 7.96. The molecule has 1 aliphatic heterocycles. The van der Waals surface area contributed by atoms with Gasteiger partial charge in [-0.25, -0.2) is 4.98 Å². The molecule has 1 N–H and O–H groups in total. The number of aliphatic imine (C=N–C) groups is 1. The monoisotopic (exact) mass is 424 g/mol. The first-order valence-electron chi connectivity index (χ1n) is 7.08. The zero-order valence-corrected chi connectivity index (χ0v) is 16.1. The Morgan fingerprint density at radius 1 is 1.62 bits per heavy atom. The number of rotatable bonds is 5. The maximum atomic E-state index is 5.23. The molecular weight excluding hydrogens is 399 g/mol. The zero-order valence-electron chi connectivity index (χ0n) is 13.0. The Bertz CT molecular complexity index is 452. The molecule has 1 fully saturated rings. The minimum absolute atomic E-state index is 0. The van der Waals surface area contributed by atoms with Gasteiger partial charge in [0.2, 0.25) is 0 Å². The molecule has 1 unspecified atom stereocenters. The molecule has 1 atom stereocenters. The molecule has 0 aliphatic carbocycles. The SMILES string of the molecule is CN=C(NCCc1csc(C)n1)N1CCC(COC)C1.I. The number of nitrogens with zero attached hydrogens (tertiary/aromatic N) is 3. The molecule has 0 saturated carbocycles. The van der Waals surface area contributed by atoms with Gasteiger partial charge in [0.25, 0.3) is 0 Å². The lowest BCUT2D eigenvalue weighted by Crippen LogP contribution is -2.41. The molecular formula is C14H25IN4OS. The summed E-state index contributed by atoms with van der Waals surface area (Å²) in [5, 5.41) is 6.69. The third-order valence-electron chi connectivity index (χ3n) is 3.53. The van der Waals surface area contributed by atoms with Crippen molar-refractivity contribution in [3.05, 3.63) is 16.1 Å². The number of thiazole rings is 1. The van der Waals surface area contributed by atoms with Gasteiger partial charge in [-0.1, -0.05) is 0 Å². The predicted molar refractivity (Wildman–Crippen MR) is 98.9 cm³/mol. The molecule has 0 aromatic carbocycles. The lowest BCUT2D eigenvalue weighted by atomic mass is 10.1. The highest BCUT2D eigenvalue weighted by atomic mass is 127. The van der Waals surface area contributed by atoms with E-state index >= 15 is 0 Å². The molecule has 21 heavy (non-hydrogen) atoms. The third-order valence-corrected chi connectivity index (χ3v) is 4.35. The number of guanidine groups is 1. The average Bonchev–Trinajstić information content (AvgIpc) is 3.05. The van der Waals surface area contributed by atoms with Crippen LogP contribution in [0.15, 0.2) is 10.4 Å². The van der Waals surface area contributed by atoms with Gasteiger partial charge < -0.3 is 15.0 Å². The van der Waals surface area contributed by atoms with Gasteiger partial charge in [0.05, 0.1) is 17.3 Å². The van der Waals surface area contributed by atoms with Gasteiger partial charge in [-0.05, 0) is 13.3 Å². The molecule has 1 aromatic rings. The van der Waals surface area contributed by atoms with Crippen molar-refractivity contribution >= 4 is 41.3 Å². The molecule has 2 heterocycles. The van der Waals surface area contributed by atoms with E-state index in [0.29, 0.717) is 5.92 Å². The Morgan fingerprint density at radius 2 is 2.43 bits per heavy atom. The van der Waals surface area contributed by atoms with Gasteiger partial charge in [-0.3, -0.25) is 4.99 Å². The van der Waals surface area contributed by atoms with Crippen LogP contribution in [0.2, 0.25) is 0 Å². The second-order valence-electron chi connectivity index (χ2n) is 5.14. The van der Waals surface area contributed by atoms with E-state index < -0.39 is 0 Å². The lowest BCUT2D eigenvalue weighted by Gasteiger charge is -2.21. The van der Waals surface area contributed by atoms with E-state index in [1.165, 1.54) is 6.42 Å². The first-order chi connectivity index (χ1) is 9.72. The molecule has 1 saturated heterocycles. The number of aryl methyl sites for hydroxylation is 1. The molecule has 7 heteroatoms. The predicted octanol–water partition coefficient (Wildman–Crippen LogP) is 2.16. The zero-order chi connectivity index (χ0) is 14.4. The van der Waals surface area contributed by atoms with Gasteiger partial charge >= 0.3 is 0 Å². The van der Waals surface area contributed by atoms with Crippen LogP contribution in [0.25, 0.3) is 0 Å². The van der Waals surface area contributed by atoms with Crippen LogP contribution in [0.4, 0.5) is 0 Å². The van der Waals surface area contributed by atoms with Crippen LogP contribution in [0.1, 0.15) is 17.1 Å². The summed E-state index contributed by atoms with van der Waals surface area (Å²) in [6, 6.07) is 0. The van der Waals surface area contributed by atoms with E-state index in [1.54, 1.807) is 18.4 Å². The van der Waals surface area contributed by atoms with Crippen molar-refractivity contribution < 1.29 is 4.74 Å². The highest BCUT2D eigenvalue weighted by Gasteiger charge is 2.24. The van der Waals surface area contributed by atoms with E-state index in [4.69, 9.17) is 4.74 Å². The van der Waals surface area contributed by atoms with Gasteiger partial charge in [-0.2, -0.15) is 0 Å². The van der Waals surface area contributed by atoms with Gasteiger partial charge in [-0.15, -0.1) is 35.3 Å². The Labute approximate surface area is 148 Å². The van der Waals surface area contributed by atoms with Gasteiger partial charge in [0.1, 0.15) is 0 Å². The fraction of sp³-hybridized carbons (Fsp3) is 0.714. The number of nitrogens with one attached hydrogen (secondary N) is 1. The molecule has 0 radical (unpaired) electrons. The third kappa shape index (κ3) is 5.71. The molecule has 120 valence electrons. The Kier molecular flexibility index (Phi) is 8.50. The summed E-state index contributed by atoms with van der Waals surface area (Å²) in [7, 11) is 3.62. The van der Waals surface area contributed by atoms with Crippen molar-refractivity contribution in [2.75, 3.05) is 40.4 Å². The smallest absolute Gasteiger partial charge is 0.193 e. The van der Waals surface area contributed by atoms with Crippen molar-refractivity contribution in [2.24, 2.45) is 10.9 Å². The van der Waals surface area contributed by atoms with E-state index in [2.05, 4.69) is 25.6 Å². The minimum atomic E-state index is 0. The van der Waals surface area contributed by atoms with Crippen LogP contribution >= 0.6 is 35.3 Å². The molecule has 0 spiro atoms. The quantitative estimate of drug-likeness (QED) is 0.447. The molecule has 0 amide bonds. The highest BCUT2D eigenvalue weighted by Crippen LogP contribution is 2.16. The van der Waals surface area contributed by atoms with E-state index in [0.717, 1.165) is 49.3 Å².